The predicted octanol–water partition coefficient (Wildman–Crippen LogP) is 4.16. The molecule has 29 heavy (non-hydrogen) atoms. The number of aromatic nitrogens is 5. The van der Waals surface area contributed by atoms with Gasteiger partial charge in [-0.05, 0) is 37.3 Å². The molecule has 0 bridgehead atoms. The Morgan fingerprint density at radius 2 is 2.03 bits per heavy atom. The summed E-state index contributed by atoms with van der Waals surface area (Å²) in [6, 6.07) is 12.7. The number of nitrogens with zero attached hydrogens (tertiary/aromatic N) is 4. The molecule has 0 aliphatic heterocycles. The first-order valence-corrected chi connectivity index (χ1v) is 10.3. The van der Waals surface area contributed by atoms with Crippen LogP contribution in [0.4, 0.5) is 0 Å². The summed E-state index contributed by atoms with van der Waals surface area (Å²) in [5.41, 5.74) is 1.26. The molecule has 0 saturated carbocycles. The Bertz CT molecular complexity index is 1240. The summed E-state index contributed by atoms with van der Waals surface area (Å²) >= 11 is 7.49. The second-order valence-corrected chi connectivity index (χ2v) is 7.59. The normalized spacial score (nSPS) is 11.1. The molecule has 0 aliphatic carbocycles. The van der Waals surface area contributed by atoms with Gasteiger partial charge in [0.05, 0.1) is 29.3 Å². The van der Waals surface area contributed by atoms with Gasteiger partial charge in [0.2, 0.25) is 0 Å². The van der Waals surface area contributed by atoms with Crippen LogP contribution in [0.1, 0.15) is 12.7 Å². The summed E-state index contributed by atoms with van der Waals surface area (Å²) in [5.74, 6) is 2.48. The van der Waals surface area contributed by atoms with E-state index in [1.165, 1.54) is 11.8 Å². The van der Waals surface area contributed by atoms with Crippen molar-refractivity contribution in [2.45, 2.75) is 24.4 Å². The van der Waals surface area contributed by atoms with Gasteiger partial charge in [-0.3, -0.25) is 4.79 Å². The third-order valence-corrected chi connectivity index (χ3v) is 5.65. The summed E-state index contributed by atoms with van der Waals surface area (Å²) in [6.07, 6.45) is 0. The van der Waals surface area contributed by atoms with Gasteiger partial charge in [0.1, 0.15) is 11.6 Å². The summed E-state index contributed by atoms with van der Waals surface area (Å²) in [4.78, 5) is 19.7. The summed E-state index contributed by atoms with van der Waals surface area (Å²) in [7, 11) is 1.63. The number of benzene rings is 2. The van der Waals surface area contributed by atoms with Crippen LogP contribution in [0, 0.1) is 0 Å². The van der Waals surface area contributed by atoms with Gasteiger partial charge >= 0.3 is 0 Å². The van der Waals surface area contributed by atoms with E-state index >= 15 is 0 Å². The molecule has 9 heteroatoms. The lowest BCUT2D eigenvalue weighted by Crippen LogP contribution is -2.11. The molecule has 0 fully saturated rings. The smallest absolute Gasteiger partial charge is 0.258 e. The average Bonchev–Trinajstić information content (AvgIpc) is 3.14. The summed E-state index contributed by atoms with van der Waals surface area (Å²) in [5, 5.41) is 10.5. The van der Waals surface area contributed by atoms with Crippen molar-refractivity contribution in [3.05, 3.63) is 63.7 Å². The highest BCUT2D eigenvalue weighted by atomic mass is 35.5. The Hall–Kier alpha value is -2.84. The molecule has 2 heterocycles. The van der Waals surface area contributed by atoms with Crippen molar-refractivity contribution in [1.29, 1.82) is 0 Å². The molecule has 0 atom stereocenters. The number of hydrogen-bond acceptors (Lipinski definition) is 6. The zero-order valence-electron chi connectivity index (χ0n) is 15.8. The number of thioether (sulfide) groups is 1. The molecule has 0 aliphatic rings. The van der Waals surface area contributed by atoms with Crippen LogP contribution in [-0.4, -0.2) is 31.8 Å². The number of halogens is 1. The van der Waals surface area contributed by atoms with E-state index in [4.69, 9.17) is 16.3 Å². The molecule has 0 unspecified atom stereocenters. The van der Waals surface area contributed by atoms with Gasteiger partial charge in [0, 0.05) is 11.6 Å². The zero-order valence-corrected chi connectivity index (χ0v) is 17.4. The van der Waals surface area contributed by atoms with E-state index in [1.807, 2.05) is 35.8 Å². The van der Waals surface area contributed by atoms with Crippen LogP contribution in [0.15, 0.2) is 52.4 Å². The van der Waals surface area contributed by atoms with Gasteiger partial charge in [0.25, 0.3) is 5.56 Å². The number of ether oxygens (including phenoxy) is 1. The van der Waals surface area contributed by atoms with Gasteiger partial charge in [-0.2, -0.15) is 0 Å². The predicted molar refractivity (Wildman–Crippen MR) is 115 cm³/mol. The molecule has 7 nitrogen and oxygen atoms in total. The molecular weight excluding hydrogens is 410 g/mol. The van der Waals surface area contributed by atoms with E-state index in [0.29, 0.717) is 34.0 Å². The van der Waals surface area contributed by atoms with Crippen LogP contribution in [-0.2, 0) is 12.3 Å². The lowest BCUT2D eigenvalue weighted by Gasteiger charge is -2.10. The van der Waals surface area contributed by atoms with E-state index in [1.54, 1.807) is 25.3 Å². The van der Waals surface area contributed by atoms with Crippen molar-refractivity contribution in [2.75, 3.05) is 7.11 Å². The topological polar surface area (TPSA) is 85.7 Å². The van der Waals surface area contributed by atoms with E-state index in [-0.39, 0.29) is 5.56 Å². The van der Waals surface area contributed by atoms with Crippen LogP contribution < -0.4 is 10.3 Å². The maximum absolute atomic E-state index is 12.3. The first-order chi connectivity index (χ1) is 14.1. The first-order valence-electron chi connectivity index (χ1n) is 8.98. The molecule has 2 aromatic heterocycles. The Balaban J connectivity index is 1.63. The Morgan fingerprint density at radius 3 is 2.83 bits per heavy atom. The average molecular weight is 428 g/mol. The number of rotatable bonds is 6. The Kier molecular flexibility index (Phi) is 5.55. The minimum atomic E-state index is -0.186. The maximum Gasteiger partial charge on any atom is 0.258 e. The standard InChI is InChI=1S/C20H18ClN5O2S/c1-3-26-18(14-6-4-5-7-16(14)28-2)24-25-20(26)29-11-17-22-15-10-12(21)8-9-13(15)19(27)23-17/h4-10H,3,11H2,1-2H3,(H,22,23,27). The van der Waals surface area contributed by atoms with Crippen LogP contribution in [0.2, 0.25) is 5.02 Å². The third kappa shape index (κ3) is 3.86. The molecule has 0 saturated heterocycles. The minimum Gasteiger partial charge on any atom is -0.496 e. The van der Waals surface area contributed by atoms with Crippen molar-refractivity contribution < 1.29 is 4.74 Å². The van der Waals surface area contributed by atoms with Gasteiger partial charge < -0.3 is 14.3 Å². The van der Waals surface area contributed by atoms with Gasteiger partial charge in [-0.25, -0.2) is 4.98 Å². The number of H-pyrrole nitrogens is 1. The molecule has 2 aromatic carbocycles. The third-order valence-electron chi connectivity index (χ3n) is 4.44. The lowest BCUT2D eigenvalue weighted by molar-refractivity contribution is 0.416. The van der Waals surface area contributed by atoms with Crippen molar-refractivity contribution in [2.24, 2.45) is 0 Å². The zero-order chi connectivity index (χ0) is 20.4. The fourth-order valence-corrected chi connectivity index (χ4v) is 4.11. The lowest BCUT2D eigenvalue weighted by atomic mass is 10.2. The van der Waals surface area contributed by atoms with Crippen LogP contribution in [0.5, 0.6) is 5.75 Å². The van der Waals surface area contributed by atoms with Crippen LogP contribution in [0.3, 0.4) is 0 Å². The Labute approximate surface area is 176 Å². The number of para-hydroxylation sites is 1. The number of methoxy groups -OCH3 is 1. The van der Waals surface area contributed by atoms with Crippen LogP contribution >= 0.6 is 23.4 Å². The van der Waals surface area contributed by atoms with E-state index in [9.17, 15) is 4.79 Å². The largest absolute Gasteiger partial charge is 0.496 e. The van der Waals surface area contributed by atoms with E-state index in [0.717, 1.165) is 22.3 Å². The highest BCUT2D eigenvalue weighted by Crippen LogP contribution is 2.31. The molecule has 0 radical (unpaired) electrons. The fourth-order valence-electron chi connectivity index (χ4n) is 3.07. The van der Waals surface area contributed by atoms with E-state index in [2.05, 4.69) is 20.2 Å². The van der Waals surface area contributed by atoms with Crippen molar-refractivity contribution in [3.63, 3.8) is 0 Å². The maximum atomic E-state index is 12.3. The van der Waals surface area contributed by atoms with Crippen molar-refractivity contribution in [3.8, 4) is 17.1 Å². The summed E-state index contributed by atoms with van der Waals surface area (Å²) in [6.45, 7) is 2.73. The second kappa shape index (κ2) is 8.26. The van der Waals surface area contributed by atoms with E-state index < -0.39 is 0 Å². The number of hydrogen-bond donors (Lipinski definition) is 1. The molecule has 4 rings (SSSR count). The number of fused-ring (bicyclic) bond motifs is 1. The minimum absolute atomic E-state index is 0.186. The number of nitrogens with one attached hydrogen (secondary N) is 1. The summed E-state index contributed by atoms with van der Waals surface area (Å²) < 4.78 is 7.47. The van der Waals surface area contributed by atoms with Gasteiger partial charge in [-0.15, -0.1) is 10.2 Å². The van der Waals surface area contributed by atoms with Crippen LogP contribution in [0.25, 0.3) is 22.3 Å². The van der Waals surface area contributed by atoms with Gasteiger partial charge in [-0.1, -0.05) is 35.5 Å². The Morgan fingerprint density at radius 1 is 1.21 bits per heavy atom. The van der Waals surface area contributed by atoms with Crippen molar-refractivity contribution >= 4 is 34.3 Å². The molecule has 0 amide bonds. The molecule has 4 aromatic rings. The fraction of sp³-hybridized carbons (Fsp3) is 0.200. The highest BCUT2D eigenvalue weighted by molar-refractivity contribution is 7.98. The molecule has 1 N–H and O–H groups in total. The van der Waals surface area contributed by atoms with Crippen molar-refractivity contribution in [1.82, 2.24) is 24.7 Å². The second-order valence-electron chi connectivity index (χ2n) is 6.21. The number of aromatic amines is 1. The van der Waals surface area contributed by atoms with Gasteiger partial charge in [0.15, 0.2) is 11.0 Å². The highest BCUT2D eigenvalue weighted by Gasteiger charge is 2.17. The monoisotopic (exact) mass is 427 g/mol. The molecule has 0 spiro atoms. The molecule has 148 valence electrons. The first kappa shape index (κ1) is 19.5. The molecular formula is C20H18ClN5O2S. The SMILES string of the molecule is CCn1c(SCc2nc3cc(Cl)ccc3c(=O)[nH]2)nnc1-c1ccccc1OC. The quantitative estimate of drug-likeness (QED) is 0.465.